The maximum absolute atomic E-state index is 12.1. The lowest BCUT2D eigenvalue weighted by Crippen LogP contribution is -2.50. The molecule has 0 saturated carbocycles. The molecule has 0 saturated heterocycles. The summed E-state index contributed by atoms with van der Waals surface area (Å²) in [5.74, 6) is -0.462. The van der Waals surface area contributed by atoms with E-state index in [1.54, 1.807) is 13.0 Å². The van der Waals surface area contributed by atoms with Crippen molar-refractivity contribution in [3.05, 3.63) is 23.8 Å². The summed E-state index contributed by atoms with van der Waals surface area (Å²) in [7, 11) is 2.93. The highest BCUT2D eigenvalue weighted by atomic mass is 16.5. The number of carbonyl (C=O) groups is 2. The van der Waals surface area contributed by atoms with Crippen LogP contribution in [0.4, 0.5) is 0 Å². The third-order valence-electron chi connectivity index (χ3n) is 3.71. The van der Waals surface area contributed by atoms with Gasteiger partial charge in [0.05, 0.1) is 25.9 Å². The molecule has 1 atom stereocenters. The lowest BCUT2D eigenvalue weighted by Gasteiger charge is -2.27. The Morgan fingerprint density at radius 1 is 1.21 bits per heavy atom. The lowest BCUT2D eigenvalue weighted by molar-refractivity contribution is -0.125. The van der Waals surface area contributed by atoms with Gasteiger partial charge in [-0.25, -0.2) is 4.79 Å². The minimum atomic E-state index is -1.03. The fourth-order valence-corrected chi connectivity index (χ4v) is 1.77. The number of hydrogen-bond donors (Lipinski definition) is 1. The van der Waals surface area contributed by atoms with E-state index in [0.29, 0.717) is 11.5 Å². The molecule has 0 bridgehead atoms. The Morgan fingerprint density at radius 3 is 2.17 bits per heavy atom. The van der Waals surface area contributed by atoms with E-state index in [-0.39, 0.29) is 11.5 Å². The highest BCUT2D eigenvalue weighted by Gasteiger charge is 2.30. The van der Waals surface area contributed by atoms with Crippen LogP contribution >= 0.6 is 0 Å². The molecule has 24 heavy (non-hydrogen) atoms. The Labute approximate surface area is 141 Å². The first-order chi connectivity index (χ1) is 11.3. The third kappa shape index (κ3) is 4.88. The first-order valence-corrected chi connectivity index (χ1v) is 7.38. The molecule has 0 spiro atoms. The number of nitrogens with one attached hydrogen (secondary N) is 1. The number of nitriles is 1. The molecule has 130 valence electrons. The average molecular weight is 334 g/mol. The number of carbonyl (C=O) groups excluding carboxylic acids is 2. The number of hydrogen-bond acceptors (Lipinski definition) is 6. The Balaban J connectivity index is 2.73. The van der Waals surface area contributed by atoms with E-state index in [0.717, 1.165) is 0 Å². The van der Waals surface area contributed by atoms with Gasteiger partial charge in [-0.2, -0.15) is 5.26 Å². The Bertz CT molecular complexity index is 629. The molecule has 0 fully saturated rings. The third-order valence-corrected chi connectivity index (χ3v) is 3.71. The number of ether oxygens (including phenoxy) is 3. The van der Waals surface area contributed by atoms with Crippen molar-refractivity contribution >= 4 is 11.9 Å². The minimum Gasteiger partial charge on any atom is -0.497 e. The predicted molar refractivity (Wildman–Crippen MR) is 86.8 cm³/mol. The van der Waals surface area contributed by atoms with Gasteiger partial charge >= 0.3 is 5.97 Å². The van der Waals surface area contributed by atoms with Crippen molar-refractivity contribution in [1.29, 1.82) is 5.26 Å². The van der Waals surface area contributed by atoms with Crippen LogP contribution in [-0.2, 0) is 9.53 Å². The van der Waals surface area contributed by atoms with Crippen LogP contribution in [0.2, 0.25) is 0 Å². The summed E-state index contributed by atoms with van der Waals surface area (Å²) in [5.41, 5.74) is -0.825. The van der Waals surface area contributed by atoms with Crippen molar-refractivity contribution in [2.75, 3.05) is 20.8 Å². The first-order valence-electron chi connectivity index (χ1n) is 7.38. The fourth-order valence-electron chi connectivity index (χ4n) is 1.77. The normalized spacial score (nSPS) is 12.7. The molecule has 0 aliphatic carbocycles. The predicted octanol–water partition coefficient (Wildman–Crippen LogP) is 1.92. The summed E-state index contributed by atoms with van der Waals surface area (Å²) in [5, 5.41) is 11.7. The summed E-state index contributed by atoms with van der Waals surface area (Å²) in [6, 6.07) is 6.63. The van der Waals surface area contributed by atoms with E-state index in [4.69, 9.17) is 14.2 Å². The van der Waals surface area contributed by atoms with Crippen LogP contribution in [0.1, 0.15) is 31.1 Å². The molecule has 0 aromatic heterocycles. The smallest absolute Gasteiger partial charge is 0.338 e. The number of nitrogens with zero attached hydrogens (tertiary/aromatic N) is 1. The van der Waals surface area contributed by atoms with Gasteiger partial charge in [-0.1, -0.05) is 13.8 Å². The van der Waals surface area contributed by atoms with E-state index in [2.05, 4.69) is 11.4 Å². The van der Waals surface area contributed by atoms with E-state index < -0.39 is 24.0 Å². The summed E-state index contributed by atoms with van der Waals surface area (Å²) in [6.07, 6.45) is 0. The molecular formula is C17H22N2O5. The van der Waals surface area contributed by atoms with Gasteiger partial charge < -0.3 is 19.5 Å². The van der Waals surface area contributed by atoms with Gasteiger partial charge in [-0.3, -0.25) is 4.79 Å². The molecule has 1 rings (SSSR count). The number of benzene rings is 1. The number of esters is 1. The van der Waals surface area contributed by atoms with Crippen molar-refractivity contribution in [3.8, 4) is 17.6 Å². The monoisotopic (exact) mass is 334 g/mol. The standard InChI is InChI=1S/C17H22N2O5/c1-11(2)17(3,10-18)19-15(20)9-24-16(21)12-6-13(22-4)8-14(7-12)23-5/h6-8,11H,9H2,1-5H3,(H,19,20)/t17-/m0/s1. The maximum atomic E-state index is 12.1. The molecule has 7 heteroatoms. The molecule has 0 aliphatic heterocycles. The molecule has 1 amide bonds. The second-order valence-corrected chi connectivity index (χ2v) is 5.69. The summed E-state index contributed by atoms with van der Waals surface area (Å²) in [6.45, 7) is 4.77. The number of methoxy groups -OCH3 is 2. The van der Waals surface area contributed by atoms with Crippen molar-refractivity contribution in [3.63, 3.8) is 0 Å². The molecule has 0 radical (unpaired) electrons. The van der Waals surface area contributed by atoms with Crippen LogP contribution in [0.15, 0.2) is 18.2 Å². The summed E-state index contributed by atoms with van der Waals surface area (Å²) >= 11 is 0. The molecule has 1 aromatic rings. The first kappa shape index (κ1) is 19.3. The Kier molecular flexibility index (Phi) is 6.59. The van der Waals surface area contributed by atoms with Crippen LogP contribution in [0.5, 0.6) is 11.5 Å². The van der Waals surface area contributed by atoms with Crippen molar-refractivity contribution in [2.45, 2.75) is 26.3 Å². The highest BCUT2D eigenvalue weighted by Crippen LogP contribution is 2.23. The molecule has 1 aromatic carbocycles. The van der Waals surface area contributed by atoms with Crippen molar-refractivity contribution < 1.29 is 23.8 Å². The zero-order valence-electron chi connectivity index (χ0n) is 14.5. The quantitative estimate of drug-likeness (QED) is 0.765. The maximum Gasteiger partial charge on any atom is 0.338 e. The summed E-state index contributed by atoms with van der Waals surface area (Å²) in [4.78, 5) is 24.0. The van der Waals surface area contributed by atoms with E-state index in [9.17, 15) is 14.9 Å². The van der Waals surface area contributed by atoms with Crippen molar-refractivity contribution in [1.82, 2.24) is 5.32 Å². The van der Waals surface area contributed by atoms with Crippen LogP contribution in [-0.4, -0.2) is 38.2 Å². The molecule has 1 N–H and O–H groups in total. The van der Waals surface area contributed by atoms with Crippen LogP contribution < -0.4 is 14.8 Å². The average Bonchev–Trinajstić information content (AvgIpc) is 2.58. The van der Waals surface area contributed by atoms with Gasteiger partial charge in [-0.05, 0) is 25.0 Å². The van der Waals surface area contributed by atoms with Crippen molar-refractivity contribution in [2.24, 2.45) is 5.92 Å². The fraction of sp³-hybridized carbons (Fsp3) is 0.471. The van der Waals surface area contributed by atoms with Gasteiger partial charge in [0, 0.05) is 6.07 Å². The van der Waals surface area contributed by atoms with Gasteiger partial charge in [0.15, 0.2) is 6.61 Å². The van der Waals surface area contributed by atoms with E-state index in [1.807, 2.05) is 13.8 Å². The highest BCUT2D eigenvalue weighted by molar-refractivity contribution is 5.92. The Morgan fingerprint density at radius 2 is 1.75 bits per heavy atom. The van der Waals surface area contributed by atoms with E-state index in [1.165, 1.54) is 26.4 Å². The number of rotatable bonds is 7. The number of amides is 1. The minimum absolute atomic E-state index is 0.0928. The molecule has 0 unspecified atom stereocenters. The van der Waals surface area contributed by atoms with Crippen LogP contribution in [0.3, 0.4) is 0 Å². The van der Waals surface area contributed by atoms with Crippen LogP contribution in [0, 0.1) is 17.2 Å². The summed E-state index contributed by atoms with van der Waals surface area (Å²) < 4.78 is 15.1. The van der Waals surface area contributed by atoms with Crippen LogP contribution in [0.25, 0.3) is 0 Å². The Hall–Kier alpha value is -2.75. The molecule has 7 nitrogen and oxygen atoms in total. The van der Waals surface area contributed by atoms with Gasteiger partial charge in [0.25, 0.3) is 5.91 Å². The van der Waals surface area contributed by atoms with E-state index >= 15 is 0 Å². The zero-order chi connectivity index (χ0) is 18.3. The molecular weight excluding hydrogens is 312 g/mol. The second-order valence-electron chi connectivity index (χ2n) is 5.69. The zero-order valence-corrected chi connectivity index (χ0v) is 14.5. The lowest BCUT2D eigenvalue weighted by atomic mass is 9.90. The largest absolute Gasteiger partial charge is 0.497 e. The van der Waals surface area contributed by atoms with Gasteiger partial charge in [0.2, 0.25) is 0 Å². The van der Waals surface area contributed by atoms with Gasteiger partial charge in [0.1, 0.15) is 17.0 Å². The second kappa shape index (κ2) is 8.20. The van der Waals surface area contributed by atoms with Gasteiger partial charge in [-0.15, -0.1) is 0 Å². The molecule has 0 heterocycles. The SMILES string of the molecule is COc1cc(OC)cc(C(=O)OCC(=O)N[C@@](C)(C#N)C(C)C)c1. The topological polar surface area (TPSA) is 97.7 Å². The molecule has 0 aliphatic rings.